The van der Waals surface area contributed by atoms with Crippen LogP contribution in [-0.4, -0.2) is 16.1 Å². The molecule has 1 unspecified atom stereocenters. The summed E-state index contributed by atoms with van der Waals surface area (Å²) in [4.78, 5) is 0. The summed E-state index contributed by atoms with van der Waals surface area (Å²) < 4.78 is 0. The molecule has 0 N–H and O–H groups in total. The van der Waals surface area contributed by atoms with E-state index in [0.29, 0.717) is 0 Å². The van der Waals surface area contributed by atoms with Crippen molar-refractivity contribution in [3.8, 4) is 0 Å². The fraction of sp³-hybridized carbons (Fsp3) is 0.600. The zero-order valence-corrected chi connectivity index (χ0v) is 14.6. The molecule has 0 saturated carbocycles. The Kier molecular flexibility index (Phi) is 4.42. The van der Waals surface area contributed by atoms with Crippen LogP contribution in [0.25, 0.3) is 0 Å². The average molecular weight is 265 g/mol. The number of hydrogen-bond donors (Lipinski definition) is 0. The van der Waals surface area contributed by atoms with Crippen LogP contribution in [0.3, 0.4) is 0 Å². The highest BCUT2D eigenvalue weighted by Gasteiger charge is 2.32. The average Bonchev–Trinajstić information content (AvgIpc) is 2.13. The van der Waals surface area contributed by atoms with Crippen molar-refractivity contribution < 1.29 is 0 Å². The van der Waals surface area contributed by atoms with Gasteiger partial charge in [-0.25, -0.2) is 0 Å². The lowest BCUT2D eigenvalue weighted by Crippen LogP contribution is -2.36. The van der Waals surface area contributed by atoms with E-state index in [1.54, 1.807) is 5.56 Å². The van der Waals surface area contributed by atoms with Crippen molar-refractivity contribution >= 4 is 16.1 Å². The minimum atomic E-state index is -1.12. The Hall–Kier alpha value is -0.346. The van der Waals surface area contributed by atoms with Gasteiger partial charge in [0, 0.05) is 8.07 Å². The fourth-order valence-corrected chi connectivity index (χ4v) is 9.27. The second-order valence-electron chi connectivity index (χ2n) is 7.59. The van der Waals surface area contributed by atoms with Gasteiger partial charge < -0.3 is 0 Å². The minimum Gasteiger partial charge on any atom is -0.0695 e. The Labute approximate surface area is 109 Å². The lowest BCUT2D eigenvalue weighted by molar-refractivity contribution is 0.984. The third-order valence-electron chi connectivity index (χ3n) is 3.34. The van der Waals surface area contributed by atoms with Crippen LogP contribution in [-0.2, 0) is 0 Å². The number of hydrogen-bond acceptors (Lipinski definition) is 0. The first-order chi connectivity index (χ1) is 7.59. The Morgan fingerprint density at radius 1 is 0.882 bits per heavy atom. The minimum absolute atomic E-state index is 0.828. The zero-order valence-electron chi connectivity index (χ0n) is 12.6. The summed E-state index contributed by atoms with van der Waals surface area (Å²) in [6, 6.07) is 10.7. The fourth-order valence-electron chi connectivity index (χ4n) is 2.34. The zero-order chi connectivity index (χ0) is 13.3. The summed E-state index contributed by atoms with van der Waals surface area (Å²) in [5.41, 5.74) is 3.78. The van der Waals surface area contributed by atoms with E-state index in [-0.39, 0.29) is 0 Å². The summed E-state index contributed by atoms with van der Waals surface area (Å²) >= 11 is 0. The van der Waals surface area contributed by atoms with Gasteiger partial charge in [-0.3, -0.25) is 0 Å². The highest BCUT2D eigenvalue weighted by Crippen LogP contribution is 2.34. The van der Waals surface area contributed by atoms with Gasteiger partial charge in [-0.1, -0.05) is 75.2 Å². The molecule has 0 heterocycles. The molecule has 17 heavy (non-hydrogen) atoms. The van der Waals surface area contributed by atoms with Gasteiger partial charge in [-0.15, -0.1) is 0 Å². The van der Waals surface area contributed by atoms with Crippen molar-refractivity contribution in [2.24, 2.45) is 0 Å². The lowest BCUT2D eigenvalue weighted by Gasteiger charge is -2.34. The van der Waals surface area contributed by atoms with Crippen molar-refractivity contribution in [3.63, 3.8) is 0 Å². The maximum Gasteiger partial charge on any atom is 0.0517 e. The van der Waals surface area contributed by atoms with Gasteiger partial charge >= 0.3 is 0 Å². The highest BCUT2D eigenvalue weighted by atomic mass is 28.3. The second kappa shape index (κ2) is 5.11. The van der Waals surface area contributed by atoms with E-state index in [2.05, 4.69) is 70.5 Å². The van der Waals surface area contributed by atoms with Gasteiger partial charge in [-0.2, -0.15) is 0 Å². The Morgan fingerprint density at radius 2 is 1.35 bits per heavy atom. The molecule has 0 amide bonds. The molecular formula is C15H28Si2. The van der Waals surface area contributed by atoms with Crippen LogP contribution < -0.4 is 0 Å². The molecule has 0 spiro atoms. The van der Waals surface area contributed by atoms with E-state index < -0.39 is 16.1 Å². The first-order valence-corrected chi connectivity index (χ1v) is 13.9. The normalized spacial score (nSPS) is 14.8. The standard InChI is InChI=1S/C15H28Si2/c1-13-8-10-14(11-9-13)15(17(5,6)7)12-16(2,3)4/h8-11,15H,12H2,1-7H3. The Balaban J connectivity index is 3.03. The van der Waals surface area contributed by atoms with Crippen molar-refractivity contribution in [1.29, 1.82) is 0 Å². The van der Waals surface area contributed by atoms with Crippen molar-refractivity contribution in [3.05, 3.63) is 35.4 Å². The molecule has 96 valence electrons. The summed E-state index contributed by atoms with van der Waals surface area (Å²) in [6.45, 7) is 17.2. The van der Waals surface area contributed by atoms with Crippen LogP contribution in [0.15, 0.2) is 24.3 Å². The van der Waals surface area contributed by atoms with Gasteiger partial charge in [0.25, 0.3) is 0 Å². The molecule has 1 atom stereocenters. The number of benzene rings is 1. The van der Waals surface area contributed by atoms with Crippen LogP contribution in [0.2, 0.25) is 45.3 Å². The van der Waals surface area contributed by atoms with Gasteiger partial charge in [-0.05, 0) is 18.0 Å². The largest absolute Gasteiger partial charge is 0.0695 e. The molecular weight excluding hydrogens is 236 g/mol. The maximum atomic E-state index is 2.51. The molecule has 2 heteroatoms. The van der Waals surface area contributed by atoms with E-state index in [9.17, 15) is 0 Å². The van der Waals surface area contributed by atoms with Crippen molar-refractivity contribution in [1.82, 2.24) is 0 Å². The van der Waals surface area contributed by atoms with Crippen LogP contribution in [0, 0.1) is 6.92 Å². The van der Waals surface area contributed by atoms with Crippen LogP contribution in [0.4, 0.5) is 0 Å². The smallest absolute Gasteiger partial charge is 0.0517 e. The maximum absolute atomic E-state index is 2.51. The lowest BCUT2D eigenvalue weighted by atomic mass is 10.1. The summed E-state index contributed by atoms with van der Waals surface area (Å²) in [6.07, 6.45) is 0. The molecule has 0 bridgehead atoms. The summed E-state index contributed by atoms with van der Waals surface area (Å²) in [5, 5.41) is 0. The predicted octanol–water partition coefficient (Wildman–Crippen LogP) is 5.29. The molecule has 0 aliphatic heterocycles. The van der Waals surface area contributed by atoms with Crippen molar-refractivity contribution in [2.75, 3.05) is 0 Å². The first-order valence-electron chi connectivity index (χ1n) is 6.66. The van der Waals surface area contributed by atoms with E-state index in [1.165, 1.54) is 11.6 Å². The molecule has 0 aliphatic rings. The highest BCUT2D eigenvalue weighted by molar-refractivity contribution is 6.82. The van der Waals surface area contributed by atoms with Crippen LogP contribution in [0.1, 0.15) is 16.7 Å². The Morgan fingerprint density at radius 3 is 1.71 bits per heavy atom. The molecule has 0 nitrogen and oxygen atoms in total. The molecule has 0 aliphatic carbocycles. The molecule has 0 fully saturated rings. The molecule has 1 aromatic carbocycles. The predicted molar refractivity (Wildman–Crippen MR) is 85.4 cm³/mol. The van der Waals surface area contributed by atoms with Gasteiger partial charge in [0.05, 0.1) is 8.07 Å². The molecule has 1 aromatic rings. The Bertz CT molecular complexity index is 352. The third-order valence-corrected chi connectivity index (χ3v) is 8.01. The molecule has 1 rings (SSSR count). The molecule has 0 aromatic heterocycles. The van der Waals surface area contributed by atoms with Crippen LogP contribution >= 0.6 is 0 Å². The van der Waals surface area contributed by atoms with E-state index in [1.807, 2.05) is 0 Å². The number of rotatable bonds is 4. The second-order valence-corrected chi connectivity index (χ2v) is 18.6. The summed E-state index contributed by atoms with van der Waals surface area (Å²) in [5.74, 6) is 0. The monoisotopic (exact) mass is 264 g/mol. The SMILES string of the molecule is Cc1ccc(C(C[Si](C)(C)C)[Si](C)(C)C)cc1. The van der Waals surface area contributed by atoms with E-state index in [4.69, 9.17) is 0 Å². The van der Waals surface area contributed by atoms with E-state index >= 15 is 0 Å². The molecule has 0 saturated heterocycles. The van der Waals surface area contributed by atoms with Crippen LogP contribution in [0.5, 0.6) is 0 Å². The first kappa shape index (κ1) is 14.7. The van der Waals surface area contributed by atoms with E-state index in [0.717, 1.165) is 5.54 Å². The summed E-state index contributed by atoms with van der Waals surface area (Å²) in [7, 11) is -2.11. The van der Waals surface area contributed by atoms with Gasteiger partial charge in [0.1, 0.15) is 0 Å². The topological polar surface area (TPSA) is 0 Å². The van der Waals surface area contributed by atoms with Crippen molar-refractivity contribution in [2.45, 2.75) is 57.8 Å². The van der Waals surface area contributed by atoms with Gasteiger partial charge in [0.15, 0.2) is 0 Å². The van der Waals surface area contributed by atoms with Gasteiger partial charge in [0.2, 0.25) is 0 Å². The third kappa shape index (κ3) is 4.80. The quantitative estimate of drug-likeness (QED) is 0.648. The molecule has 0 radical (unpaired) electrons. The number of aryl methyl sites for hydroxylation is 1.